The summed E-state index contributed by atoms with van der Waals surface area (Å²) < 4.78 is 19.9. The van der Waals surface area contributed by atoms with E-state index in [1.807, 2.05) is 0 Å². The van der Waals surface area contributed by atoms with Gasteiger partial charge < -0.3 is 10.2 Å². The molecule has 0 aromatic heterocycles. The zero-order valence-electron chi connectivity index (χ0n) is 6.55. The van der Waals surface area contributed by atoms with Crippen molar-refractivity contribution in [3.8, 4) is 0 Å². The van der Waals surface area contributed by atoms with Crippen LogP contribution in [0.1, 0.15) is 17.4 Å². The van der Waals surface area contributed by atoms with Crippen LogP contribution in [0.25, 0.3) is 0 Å². The zero-order chi connectivity index (χ0) is 7.65. The van der Waals surface area contributed by atoms with Crippen molar-refractivity contribution in [1.82, 2.24) is 0 Å². The maximum Gasteiger partial charge on any atom is 0.0565 e. The average molecular weight is 93.1 g/mol. The third-order valence-corrected chi connectivity index (χ3v) is 0.316. The van der Waals surface area contributed by atoms with Crippen molar-refractivity contribution in [2.75, 3.05) is 6.56 Å². The first-order valence-electron chi connectivity index (χ1n) is 3.26. The SMILES string of the molecule is [2H]C(C(C)O)C([2H])([2H])O. The maximum absolute atomic E-state index is 8.57. The lowest BCUT2D eigenvalue weighted by molar-refractivity contribution is 0.148. The maximum atomic E-state index is 8.57. The number of rotatable bonds is 2. The minimum absolute atomic E-state index is 1.15. The van der Waals surface area contributed by atoms with E-state index in [1.54, 1.807) is 0 Å². The van der Waals surface area contributed by atoms with E-state index >= 15 is 0 Å². The Morgan fingerprint density at radius 2 is 2.50 bits per heavy atom. The molecular formula is C4H10O2. The van der Waals surface area contributed by atoms with Crippen LogP contribution in [-0.4, -0.2) is 22.9 Å². The predicted molar refractivity (Wildman–Crippen MR) is 23.4 cm³/mol. The molecular weight excluding hydrogens is 80.0 g/mol. The van der Waals surface area contributed by atoms with E-state index in [9.17, 15) is 0 Å². The molecule has 2 heteroatoms. The second-order valence-corrected chi connectivity index (χ2v) is 1.04. The lowest BCUT2D eigenvalue weighted by Gasteiger charge is -1.95. The molecule has 2 N–H and O–H groups in total. The Labute approximate surface area is 41.6 Å². The van der Waals surface area contributed by atoms with Gasteiger partial charge in [-0.15, -0.1) is 0 Å². The van der Waals surface area contributed by atoms with Crippen molar-refractivity contribution >= 4 is 0 Å². The normalized spacial score (nSPS) is 29.5. The summed E-state index contributed by atoms with van der Waals surface area (Å²) in [5.74, 6) is 0. The fourth-order valence-corrected chi connectivity index (χ4v) is 0.108. The number of hydrogen-bond donors (Lipinski definition) is 2. The van der Waals surface area contributed by atoms with Crippen LogP contribution < -0.4 is 0 Å². The molecule has 0 saturated carbocycles. The van der Waals surface area contributed by atoms with Gasteiger partial charge in [-0.25, -0.2) is 0 Å². The van der Waals surface area contributed by atoms with Crippen LogP contribution >= 0.6 is 0 Å². The average Bonchev–Trinajstić information content (AvgIpc) is 1.62. The summed E-state index contributed by atoms with van der Waals surface area (Å²) >= 11 is 0. The summed E-state index contributed by atoms with van der Waals surface area (Å²) in [6, 6.07) is 0. The molecule has 0 saturated heterocycles. The van der Waals surface area contributed by atoms with Crippen molar-refractivity contribution in [1.29, 1.82) is 0 Å². The Bertz CT molecular complexity index is 88.3. The fourth-order valence-electron chi connectivity index (χ4n) is 0.108. The molecule has 38 valence electrons. The molecule has 0 bridgehead atoms. The molecule has 2 unspecified atom stereocenters. The highest BCUT2D eigenvalue weighted by atomic mass is 16.3. The summed E-state index contributed by atoms with van der Waals surface area (Å²) in [5.41, 5.74) is 0. The molecule has 0 amide bonds. The first kappa shape index (κ1) is 2.28. The van der Waals surface area contributed by atoms with Gasteiger partial charge in [0.25, 0.3) is 0 Å². The smallest absolute Gasteiger partial charge is 0.0565 e. The van der Waals surface area contributed by atoms with E-state index in [0.717, 1.165) is 0 Å². The van der Waals surface area contributed by atoms with E-state index in [4.69, 9.17) is 14.3 Å². The highest BCUT2D eigenvalue weighted by Gasteiger charge is 1.88. The summed E-state index contributed by atoms with van der Waals surface area (Å²) in [6.07, 6.45) is -2.64. The molecule has 0 rings (SSSR count). The van der Waals surface area contributed by atoms with Crippen LogP contribution in [0.3, 0.4) is 0 Å². The van der Waals surface area contributed by atoms with Crippen molar-refractivity contribution in [3.63, 3.8) is 0 Å². The second-order valence-electron chi connectivity index (χ2n) is 1.04. The predicted octanol–water partition coefficient (Wildman–Crippen LogP) is -0.250. The molecule has 2 atom stereocenters. The van der Waals surface area contributed by atoms with Crippen molar-refractivity contribution < 1.29 is 14.3 Å². The van der Waals surface area contributed by atoms with Gasteiger partial charge in [0.2, 0.25) is 0 Å². The standard InChI is InChI=1S/C4H10O2/c1-4(6)2-3-5/h4-6H,2-3H2,1H3/i2D,3D2. The Kier molecular flexibility index (Phi) is 1.19. The van der Waals surface area contributed by atoms with E-state index in [-0.39, 0.29) is 0 Å². The van der Waals surface area contributed by atoms with Crippen molar-refractivity contribution in [2.24, 2.45) is 0 Å². The minimum atomic E-state index is -2.60. The first-order chi connectivity index (χ1) is 3.85. The van der Waals surface area contributed by atoms with Crippen LogP contribution in [-0.2, 0) is 0 Å². The second kappa shape index (κ2) is 3.12. The monoisotopic (exact) mass is 93.1 g/mol. The molecule has 6 heavy (non-hydrogen) atoms. The molecule has 0 fully saturated rings. The Morgan fingerprint density at radius 3 is 2.50 bits per heavy atom. The van der Waals surface area contributed by atoms with Gasteiger partial charge in [-0.05, 0) is 13.3 Å². The van der Waals surface area contributed by atoms with Crippen LogP contribution in [0.2, 0.25) is 0 Å². The van der Waals surface area contributed by atoms with Gasteiger partial charge in [0.1, 0.15) is 0 Å². The van der Waals surface area contributed by atoms with Crippen LogP contribution in [0.4, 0.5) is 0 Å². The first-order valence-corrected chi connectivity index (χ1v) is 1.68. The number of hydrogen-bond acceptors (Lipinski definition) is 2. The molecule has 0 radical (unpaired) electrons. The number of aliphatic hydroxyl groups excluding tert-OH is 1. The molecule has 0 aliphatic carbocycles. The third kappa shape index (κ3) is 3.92. The van der Waals surface area contributed by atoms with Crippen LogP contribution in [0.15, 0.2) is 0 Å². The van der Waals surface area contributed by atoms with Gasteiger partial charge in [-0.1, -0.05) is 0 Å². The zero-order valence-corrected chi connectivity index (χ0v) is 3.55. The third-order valence-electron chi connectivity index (χ3n) is 0.316. The summed E-state index contributed by atoms with van der Waals surface area (Å²) in [5, 5.41) is 17.0. The van der Waals surface area contributed by atoms with Crippen molar-refractivity contribution in [2.45, 2.75) is 19.4 Å². The number of aliphatic hydroxyl groups is 2. The van der Waals surface area contributed by atoms with Gasteiger partial charge in [0.15, 0.2) is 0 Å². The molecule has 0 aliphatic heterocycles. The molecule has 0 aromatic carbocycles. The quantitative estimate of drug-likeness (QED) is 0.494. The van der Waals surface area contributed by atoms with Gasteiger partial charge in [-0.3, -0.25) is 0 Å². The van der Waals surface area contributed by atoms with E-state index in [2.05, 4.69) is 0 Å². The fraction of sp³-hybridized carbons (Fsp3) is 1.00. The lowest BCUT2D eigenvalue weighted by atomic mass is 10.3. The molecule has 0 aromatic rings. The highest BCUT2D eigenvalue weighted by molar-refractivity contribution is 4.40. The Morgan fingerprint density at radius 1 is 2.00 bits per heavy atom. The molecule has 0 heterocycles. The van der Waals surface area contributed by atoms with E-state index in [1.165, 1.54) is 6.92 Å². The minimum Gasteiger partial charge on any atom is -0.396 e. The highest BCUT2D eigenvalue weighted by Crippen LogP contribution is 1.83. The Hall–Kier alpha value is -0.0800. The van der Waals surface area contributed by atoms with Gasteiger partial charge in [-0.2, -0.15) is 0 Å². The van der Waals surface area contributed by atoms with Gasteiger partial charge in [0.05, 0.1) is 8.85 Å². The molecule has 0 spiro atoms. The van der Waals surface area contributed by atoms with E-state index < -0.39 is 19.1 Å². The summed E-state index contributed by atoms with van der Waals surface area (Å²) in [6.45, 7) is -1.35. The van der Waals surface area contributed by atoms with Crippen molar-refractivity contribution in [3.05, 3.63) is 0 Å². The summed E-state index contributed by atoms with van der Waals surface area (Å²) in [7, 11) is 0. The lowest BCUT2D eigenvalue weighted by Crippen LogP contribution is -2.00. The molecule has 2 nitrogen and oxygen atoms in total. The largest absolute Gasteiger partial charge is 0.396 e. The Balaban J connectivity index is 3.88. The van der Waals surface area contributed by atoms with E-state index in [0.29, 0.717) is 0 Å². The van der Waals surface area contributed by atoms with Crippen LogP contribution in [0.5, 0.6) is 0 Å². The topological polar surface area (TPSA) is 40.5 Å². The van der Waals surface area contributed by atoms with Gasteiger partial charge in [0, 0.05) is 7.93 Å². The molecule has 0 aliphatic rings. The van der Waals surface area contributed by atoms with Gasteiger partial charge >= 0.3 is 0 Å². The van der Waals surface area contributed by atoms with Crippen LogP contribution in [0, 0.1) is 0 Å². The summed E-state index contributed by atoms with van der Waals surface area (Å²) in [4.78, 5) is 0.